The van der Waals surface area contributed by atoms with Gasteiger partial charge in [-0.05, 0) is 53.0 Å². The molecule has 8 rings (SSSR count). The topological polar surface area (TPSA) is 106 Å². The number of rotatable bonds is 5. The highest BCUT2D eigenvalue weighted by Gasteiger charge is 2.20. The van der Waals surface area contributed by atoms with Crippen LogP contribution in [-0.2, 0) is 9.47 Å². The monoisotopic (exact) mass is 734 g/mol. The van der Waals surface area contributed by atoms with Crippen LogP contribution in [0.5, 0.6) is 11.5 Å². The summed E-state index contributed by atoms with van der Waals surface area (Å²) in [5.74, 6) is 6.18. The van der Waals surface area contributed by atoms with Crippen LogP contribution in [0.4, 0.5) is 11.6 Å². The Labute approximate surface area is 289 Å². The van der Waals surface area contributed by atoms with Gasteiger partial charge in [-0.3, -0.25) is 0 Å². The maximum absolute atomic E-state index is 9.69. The molecule has 2 aliphatic heterocycles. The molecule has 4 aromatic heterocycles. The van der Waals surface area contributed by atoms with Crippen molar-refractivity contribution in [3.8, 4) is 34.3 Å². The van der Waals surface area contributed by atoms with Crippen molar-refractivity contribution in [2.75, 3.05) is 75.3 Å². The molecule has 0 aliphatic carbocycles. The van der Waals surface area contributed by atoms with E-state index in [1.165, 1.54) is 0 Å². The maximum Gasteiger partial charge on any atom is 0.162 e. The van der Waals surface area contributed by atoms with Crippen LogP contribution >= 0.6 is 38.6 Å². The fourth-order valence-corrected chi connectivity index (χ4v) is 7.04. The average molecular weight is 736 g/mol. The number of benzene rings is 2. The van der Waals surface area contributed by atoms with Crippen molar-refractivity contribution in [2.24, 2.45) is 0 Å². The number of nitrogens with zero attached hydrogens (tertiary/aromatic N) is 6. The van der Waals surface area contributed by atoms with E-state index >= 15 is 0 Å². The number of alkyl halides is 1. The van der Waals surface area contributed by atoms with Crippen LogP contribution in [0.15, 0.2) is 71.4 Å². The summed E-state index contributed by atoms with van der Waals surface area (Å²) in [7, 11) is 1.67. The number of phenols is 1. The van der Waals surface area contributed by atoms with Crippen LogP contribution in [0.25, 0.3) is 43.2 Å². The van der Waals surface area contributed by atoms with Crippen LogP contribution in [0.2, 0.25) is 0 Å². The Hall–Kier alpha value is -3.88. The van der Waals surface area contributed by atoms with E-state index in [4.69, 9.17) is 29.2 Å². The molecule has 0 spiro atoms. The Morgan fingerprint density at radius 3 is 1.66 bits per heavy atom. The van der Waals surface area contributed by atoms with Crippen molar-refractivity contribution in [1.29, 1.82) is 0 Å². The van der Waals surface area contributed by atoms with Crippen molar-refractivity contribution >= 4 is 70.7 Å². The number of hydrogen-bond donors (Lipinski definition) is 1. The van der Waals surface area contributed by atoms with Crippen LogP contribution in [-0.4, -0.2) is 90.6 Å². The molecule has 244 valence electrons. The van der Waals surface area contributed by atoms with E-state index in [9.17, 15) is 5.11 Å². The molecule has 2 saturated heterocycles. The van der Waals surface area contributed by atoms with Crippen LogP contribution in [0.1, 0.15) is 0 Å². The van der Waals surface area contributed by atoms with Gasteiger partial charge in [-0.1, -0.05) is 40.2 Å². The lowest BCUT2D eigenvalue weighted by Crippen LogP contribution is -2.36. The lowest BCUT2D eigenvalue weighted by atomic mass is 10.2. The third-order valence-corrected chi connectivity index (χ3v) is 9.42. The number of fused-ring (bicyclic) bond motifs is 2. The highest BCUT2D eigenvalue weighted by Crippen LogP contribution is 2.34. The third kappa shape index (κ3) is 7.65. The Morgan fingerprint density at radius 1 is 0.681 bits per heavy atom. The highest BCUT2D eigenvalue weighted by atomic mass is 79.9. The van der Waals surface area contributed by atoms with Gasteiger partial charge >= 0.3 is 0 Å². The van der Waals surface area contributed by atoms with E-state index in [-0.39, 0.29) is 5.75 Å². The summed E-state index contributed by atoms with van der Waals surface area (Å²) in [6.07, 6.45) is 0. The minimum Gasteiger partial charge on any atom is -0.508 e. The number of halogens is 1. The summed E-state index contributed by atoms with van der Waals surface area (Å²) in [5, 5.41) is 13.8. The number of methoxy groups -OCH3 is 1. The van der Waals surface area contributed by atoms with Gasteiger partial charge < -0.3 is 29.1 Å². The Kier molecular flexibility index (Phi) is 11.1. The van der Waals surface area contributed by atoms with Crippen LogP contribution in [0.3, 0.4) is 0 Å². The van der Waals surface area contributed by atoms with Gasteiger partial charge in [0.1, 0.15) is 11.5 Å². The van der Waals surface area contributed by atoms with E-state index in [0.29, 0.717) is 5.82 Å². The smallest absolute Gasteiger partial charge is 0.162 e. The van der Waals surface area contributed by atoms with Gasteiger partial charge in [-0.15, -0.1) is 22.7 Å². The Morgan fingerprint density at radius 2 is 1.17 bits per heavy atom. The number of aromatic hydroxyl groups is 1. The second-order valence-corrected chi connectivity index (χ2v) is 12.3. The minimum atomic E-state index is 0.222. The van der Waals surface area contributed by atoms with Gasteiger partial charge in [0.15, 0.2) is 23.3 Å². The molecule has 47 heavy (non-hydrogen) atoms. The molecule has 10 nitrogen and oxygen atoms in total. The van der Waals surface area contributed by atoms with Gasteiger partial charge in [0, 0.05) is 37.3 Å². The molecule has 0 radical (unpaired) electrons. The van der Waals surface area contributed by atoms with Crippen molar-refractivity contribution in [3.63, 3.8) is 0 Å². The van der Waals surface area contributed by atoms with E-state index < -0.39 is 0 Å². The normalized spacial score (nSPS) is 14.7. The number of morpholine rings is 2. The second kappa shape index (κ2) is 15.8. The van der Waals surface area contributed by atoms with Gasteiger partial charge in [-0.25, -0.2) is 19.9 Å². The molecule has 2 aromatic carbocycles. The van der Waals surface area contributed by atoms with E-state index in [1.54, 1.807) is 48.0 Å². The predicted octanol–water partition coefficient (Wildman–Crippen LogP) is 7.12. The molecule has 1 N–H and O–H groups in total. The average Bonchev–Trinajstić information content (AvgIpc) is 3.83. The summed E-state index contributed by atoms with van der Waals surface area (Å²) in [6, 6.07) is 19.0. The molecule has 2 fully saturated rings. The van der Waals surface area contributed by atoms with Crippen molar-refractivity contribution in [2.45, 2.75) is 0 Å². The first-order valence-corrected chi connectivity index (χ1v) is 18.5. The van der Waals surface area contributed by atoms with Gasteiger partial charge in [0.25, 0.3) is 0 Å². The number of aromatic nitrogens is 4. The van der Waals surface area contributed by atoms with Crippen LogP contribution in [0, 0.1) is 0 Å². The van der Waals surface area contributed by atoms with Crippen molar-refractivity contribution in [3.05, 3.63) is 71.4 Å². The number of hydrogen-bond acceptors (Lipinski definition) is 12. The summed E-state index contributed by atoms with van der Waals surface area (Å²) in [4.78, 5) is 23.5. The van der Waals surface area contributed by atoms with Crippen LogP contribution < -0.4 is 14.5 Å². The van der Waals surface area contributed by atoms with E-state index in [1.807, 2.05) is 47.6 Å². The quantitative estimate of drug-likeness (QED) is 0.184. The largest absolute Gasteiger partial charge is 0.508 e. The number of thiophene rings is 2. The first-order chi connectivity index (χ1) is 23.2. The van der Waals surface area contributed by atoms with Gasteiger partial charge in [0.2, 0.25) is 0 Å². The first-order valence-electron chi connectivity index (χ1n) is 15.1. The SMILES string of the molecule is CBr.COc1cccc(-c2nc(N3CCOCC3)c3sccc3n2)c1.Oc1cccc(-c2nc(N3CCOCC3)c3sccc3n2)c1. The lowest BCUT2D eigenvalue weighted by Gasteiger charge is -2.28. The fourth-order valence-electron chi connectivity index (χ4n) is 5.34. The first kappa shape index (κ1) is 33.0. The molecule has 0 amide bonds. The molecule has 0 unspecified atom stereocenters. The zero-order chi connectivity index (χ0) is 32.6. The van der Waals surface area contributed by atoms with E-state index in [0.717, 1.165) is 107 Å². The number of ether oxygens (including phenoxy) is 3. The zero-order valence-electron chi connectivity index (χ0n) is 26.1. The molecule has 0 atom stereocenters. The van der Waals surface area contributed by atoms with Gasteiger partial charge in [-0.2, -0.15) is 0 Å². The summed E-state index contributed by atoms with van der Waals surface area (Å²) in [6.45, 7) is 6.32. The lowest BCUT2D eigenvalue weighted by molar-refractivity contribution is 0.122. The molecule has 6 heterocycles. The van der Waals surface area contributed by atoms with Gasteiger partial charge in [0.05, 0.1) is 54.0 Å². The summed E-state index contributed by atoms with van der Waals surface area (Å²) >= 11 is 6.28. The molecular formula is C34H35BrN6O4S2. The molecular weight excluding hydrogens is 700 g/mol. The maximum atomic E-state index is 9.69. The summed E-state index contributed by atoms with van der Waals surface area (Å²) < 4.78 is 18.4. The minimum absolute atomic E-state index is 0.222. The molecule has 13 heteroatoms. The fraction of sp³-hybridized carbons (Fsp3) is 0.294. The molecule has 0 saturated carbocycles. The predicted molar refractivity (Wildman–Crippen MR) is 195 cm³/mol. The van der Waals surface area contributed by atoms with E-state index in [2.05, 4.69) is 42.2 Å². The number of anilines is 2. The van der Waals surface area contributed by atoms with Crippen molar-refractivity contribution in [1.82, 2.24) is 19.9 Å². The number of phenolic OH excluding ortho intramolecular Hbond substituents is 1. The standard InChI is InChI=1S/C17H17N3O2S.C16H15N3O2S.CH3Br/c1-21-13-4-2-3-12(11-13)16-18-14-5-10-23-15(14)17(19-16)20-6-8-22-9-7-20;20-12-3-1-2-11(10-12)15-17-13-4-9-22-14(13)16(18-15)19-5-7-21-8-6-19;1-2/h2-5,10-11H,6-9H2,1H3;1-4,9-10,20H,5-8H2;1H3. The summed E-state index contributed by atoms with van der Waals surface area (Å²) in [5.41, 5.74) is 3.72. The zero-order valence-corrected chi connectivity index (χ0v) is 29.4. The Balaban J connectivity index is 0.000000156. The second-order valence-electron chi connectivity index (χ2n) is 10.5. The van der Waals surface area contributed by atoms with Crippen molar-refractivity contribution < 1.29 is 19.3 Å². The molecule has 6 aromatic rings. The molecule has 0 bridgehead atoms. The third-order valence-electron chi connectivity index (χ3n) is 7.62. The molecule has 2 aliphatic rings. The Bertz CT molecular complexity index is 1920. The highest BCUT2D eigenvalue weighted by molar-refractivity contribution is 9.08.